The molecule has 3 aromatic carbocycles. The van der Waals surface area contributed by atoms with Crippen LogP contribution < -0.4 is 0 Å². The van der Waals surface area contributed by atoms with E-state index >= 15 is 4.39 Å². The zero-order valence-electron chi connectivity index (χ0n) is 22.0. The van der Waals surface area contributed by atoms with Crippen LogP contribution in [-0.4, -0.2) is 42.3 Å². The van der Waals surface area contributed by atoms with Gasteiger partial charge in [-0.25, -0.2) is 13.6 Å². The maximum Gasteiger partial charge on any atom is 0.422 e. The number of aromatic carboxylic acids is 1. The first-order valence-electron chi connectivity index (χ1n) is 13.3. The number of hydrogen-bond donors (Lipinski definition) is 1. The molecule has 214 valence electrons. The first kappa shape index (κ1) is 28.7. The van der Waals surface area contributed by atoms with Crippen LogP contribution in [0.15, 0.2) is 60.2 Å². The van der Waals surface area contributed by atoms with Crippen LogP contribution in [-0.2, 0) is 12.6 Å². The number of carboxylic acids is 1. The van der Waals surface area contributed by atoms with Crippen LogP contribution in [0.25, 0.3) is 17.2 Å². The zero-order chi connectivity index (χ0) is 29.3. The molecule has 5 rings (SSSR count). The fourth-order valence-corrected chi connectivity index (χ4v) is 5.61. The van der Waals surface area contributed by atoms with Crippen molar-refractivity contribution in [3.63, 3.8) is 0 Å². The number of alkyl halides is 4. The Labute approximate surface area is 233 Å². The number of carbonyl (C=O) groups is 1. The molecule has 3 nitrogen and oxygen atoms in total. The number of rotatable bonds is 7. The molecule has 9 heteroatoms. The number of hydrogen-bond acceptors (Lipinski definition) is 2. The predicted molar refractivity (Wildman–Crippen MR) is 145 cm³/mol. The number of aryl methyl sites for hydroxylation is 1. The van der Waals surface area contributed by atoms with Crippen LogP contribution >= 0.6 is 0 Å². The Morgan fingerprint density at radius 2 is 1.66 bits per heavy atom. The van der Waals surface area contributed by atoms with E-state index in [4.69, 9.17) is 0 Å². The minimum Gasteiger partial charge on any atom is -0.478 e. The SMILES string of the molecule is O=C(O)c1ccc2c(c1)CCCC(c1ccc(F)c(C(F)(F)F)c1F)=C2c1ccc(C=C2CN(CCCF)C2)cc1. The summed E-state index contributed by atoms with van der Waals surface area (Å²) in [5.74, 6) is -4.46. The summed E-state index contributed by atoms with van der Waals surface area (Å²) in [4.78, 5) is 13.8. The van der Waals surface area contributed by atoms with Crippen molar-refractivity contribution >= 4 is 23.2 Å². The zero-order valence-corrected chi connectivity index (χ0v) is 22.0. The largest absolute Gasteiger partial charge is 0.478 e. The lowest BCUT2D eigenvalue weighted by Crippen LogP contribution is -2.40. The third kappa shape index (κ3) is 5.95. The highest BCUT2D eigenvalue weighted by Gasteiger charge is 2.39. The lowest BCUT2D eigenvalue weighted by molar-refractivity contribution is -0.142. The van der Waals surface area contributed by atoms with Crippen molar-refractivity contribution in [2.45, 2.75) is 31.9 Å². The van der Waals surface area contributed by atoms with E-state index in [1.807, 2.05) is 18.2 Å². The molecule has 1 heterocycles. The molecule has 0 bridgehead atoms. The highest BCUT2D eigenvalue weighted by molar-refractivity contribution is 6.01. The van der Waals surface area contributed by atoms with Crippen molar-refractivity contribution in [2.75, 3.05) is 26.3 Å². The summed E-state index contributed by atoms with van der Waals surface area (Å²) < 4.78 is 82.8. The molecule has 1 N–H and O–H groups in total. The normalized spacial score (nSPS) is 15.8. The van der Waals surface area contributed by atoms with Crippen LogP contribution in [0.5, 0.6) is 0 Å². The molecular formula is C32H27F6NO2. The number of carboxylic acid groups (broad SMARTS) is 1. The molecule has 0 atom stereocenters. The van der Waals surface area contributed by atoms with Gasteiger partial charge in [-0.2, -0.15) is 13.2 Å². The Balaban J connectivity index is 1.62. The highest BCUT2D eigenvalue weighted by atomic mass is 19.4. The Hall–Kier alpha value is -3.85. The summed E-state index contributed by atoms with van der Waals surface area (Å²) in [6.07, 6.45) is -1.64. The van der Waals surface area contributed by atoms with Crippen molar-refractivity contribution in [3.05, 3.63) is 111 Å². The second kappa shape index (κ2) is 11.6. The van der Waals surface area contributed by atoms with Crippen LogP contribution in [0, 0.1) is 11.6 Å². The van der Waals surface area contributed by atoms with Gasteiger partial charge in [-0.05, 0) is 88.9 Å². The van der Waals surface area contributed by atoms with Gasteiger partial charge in [0.15, 0.2) is 0 Å². The molecule has 0 unspecified atom stereocenters. The van der Waals surface area contributed by atoms with E-state index < -0.39 is 29.3 Å². The molecule has 1 fully saturated rings. The van der Waals surface area contributed by atoms with Gasteiger partial charge in [0, 0.05) is 25.2 Å². The van der Waals surface area contributed by atoms with Gasteiger partial charge in [0.25, 0.3) is 0 Å². The van der Waals surface area contributed by atoms with E-state index in [9.17, 15) is 31.9 Å². The number of nitrogens with zero attached hydrogens (tertiary/aromatic N) is 1. The molecule has 0 spiro atoms. The second-order valence-electron chi connectivity index (χ2n) is 10.3. The minimum absolute atomic E-state index is 0.0712. The molecule has 3 aromatic rings. The summed E-state index contributed by atoms with van der Waals surface area (Å²) in [5, 5.41) is 9.50. The molecule has 0 saturated carbocycles. The molecular weight excluding hydrogens is 544 g/mol. The van der Waals surface area contributed by atoms with Gasteiger partial charge in [-0.3, -0.25) is 9.29 Å². The van der Waals surface area contributed by atoms with E-state index in [-0.39, 0.29) is 24.2 Å². The molecule has 0 aromatic heterocycles. The van der Waals surface area contributed by atoms with Gasteiger partial charge in [0.2, 0.25) is 0 Å². The summed E-state index contributed by atoms with van der Waals surface area (Å²) in [6.45, 7) is 1.85. The predicted octanol–water partition coefficient (Wildman–Crippen LogP) is 8.04. The topological polar surface area (TPSA) is 40.5 Å². The molecule has 2 aliphatic rings. The van der Waals surface area contributed by atoms with Crippen LogP contribution in [0.3, 0.4) is 0 Å². The lowest BCUT2D eigenvalue weighted by atomic mass is 9.86. The maximum atomic E-state index is 15.4. The first-order chi connectivity index (χ1) is 19.6. The monoisotopic (exact) mass is 571 g/mol. The number of halogens is 6. The summed E-state index contributed by atoms with van der Waals surface area (Å²) >= 11 is 0. The van der Waals surface area contributed by atoms with Crippen molar-refractivity contribution in [1.82, 2.24) is 4.90 Å². The maximum absolute atomic E-state index is 15.4. The van der Waals surface area contributed by atoms with Gasteiger partial charge in [0.05, 0.1) is 12.2 Å². The molecule has 0 radical (unpaired) electrons. The summed E-state index contributed by atoms with van der Waals surface area (Å²) in [7, 11) is 0. The van der Waals surface area contributed by atoms with Crippen molar-refractivity contribution in [2.24, 2.45) is 0 Å². The van der Waals surface area contributed by atoms with E-state index in [2.05, 4.69) is 4.90 Å². The van der Waals surface area contributed by atoms with Crippen molar-refractivity contribution in [3.8, 4) is 0 Å². The molecule has 1 aliphatic heterocycles. The van der Waals surface area contributed by atoms with Gasteiger partial charge in [-0.1, -0.05) is 36.4 Å². The second-order valence-corrected chi connectivity index (χ2v) is 10.3. The Bertz CT molecular complexity index is 1530. The minimum atomic E-state index is -5.22. The Morgan fingerprint density at radius 3 is 2.32 bits per heavy atom. The molecule has 41 heavy (non-hydrogen) atoms. The third-order valence-electron chi connectivity index (χ3n) is 7.53. The van der Waals surface area contributed by atoms with Gasteiger partial charge >= 0.3 is 12.1 Å². The number of fused-ring (bicyclic) bond motifs is 1. The Kier molecular flexibility index (Phi) is 8.09. The number of benzene rings is 3. The lowest BCUT2D eigenvalue weighted by Gasteiger charge is -2.33. The highest BCUT2D eigenvalue weighted by Crippen LogP contribution is 2.43. The summed E-state index contributed by atoms with van der Waals surface area (Å²) in [5.41, 5.74) is 2.55. The van der Waals surface area contributed by atoms with Gasteiger partial charge in [0.1, 0.15) is 17.2 Å². The Morgan fingerprint density at radius 1 is 0.951 bits per heavy atom. The van der Waals surface area contributed by atoms with E-state index in [0.29, 0.717) is 59.7 Å². The number of allylic oxidation sites excluding steroid dienone is 1. The van der Waals surface area contributed by atoms with Crippen molar-refractivity contribution < 1.29 is 36.2 Å². The molecule has 1 aliphatic carbocycles. The summed E-state index contributed by atoms with van der Waals surface area (Å²) in [6, 6.07) is 13.5. The van der Waals surface area contributed by atoms with Gasteiger partial charge in [-0.15, -0.1) is 0 Å². The van der Waals surface area contributed by atoms with E-state index in [1.54, 1.807) is 18.2 Å². The standard InChI is InChI=1S/C32H27F6NO2/c33-13-2-14-39-17-20(18-39)15-19-5-7-21(8-6-19)28-24-10-9-23(31(40)41)16-22(24)3-1-4-25(28)26-11-12-27(34)29(30(26)35)32(36,37)38/h5-12,15-16H,1-4,13-14,17-18H2,(H,40,41). The molecule has 0 amide bonds. The van der Waals surface area contributed by atoms with E-state index in [0.717, 1.165) is 24.7 Å². The van der Waals surface area contributed by atoms with Crippen LogP contribution in [0.4, 0.5) is 26.3 Å². The van der Waals surface area contributed by atoms with Crippen molar-refractivity contribution in [1.29, 1.82) is 0 Å². The smallest absolute Gasteiger partial charge is 0.422 e. The van der Waals surface area contributed by atoms with Crippen LogP contribution in [0.2, 0.25) is 0 Å². The number of likely N-dealkylation sites (tertiary alicyclic amines) is 1. The fraction of sp³-hybridized carbons (Fsp3) is 0.281. The van der Waals surface area contributed by atoms with E-state index in [1.165, 1.54) is 17.7 Å². The molecule has 1 saturated heterocycles. The quantitative estimate of drug-likeness (QED) is 0.292. The average molecular weight is 572 g/mol. The third-order valence-corrected chi connectivity index (χ3v) is 7.53. The fourth-order valence-electron chi connectivity index (χ4n) is 5.61. The average Bonchev–Trinajstić information content (AvgIpc) is 3.08. The first-order valence-corrected chi connectivity index (χ1v) is 13.3. The van der Waals surface area contributed by atoms with Gasteiger partial charge < -0.3 is 5.11 Å². The van der Waals surface area contributed by atoms with Crippen LogP contribution in [0.1, 0.15) is 63.0 Å².